The van der Waals surface area contributed by atoms with E-state index in [4.69, 9.17) is 0 Å². The zero-order valence-electron chi connectivity index (χ0n) is 52.6. The molecule has 2 fully saturated rings. The maximum absolute atomic E-state index is 2.86. The maximum atomic E-state index is 2.86. The lowest BCUT2D eigenvalue weighted by molar-refractivity contribution is 0.233. The van der Waals surface area contributed by atoms with Crippen LogP contribution in [0.4, 0.5) is 22.7 Å². The number of benzene rings is 10. The van der Waals surface area contributed by atoms with Gasteiger partial charge < -0.3 is 9.80 Å². The average molecular weight is 1140 g/mol. The van der Waals surface area contributed by atoms with Crippen LogP contribution in [0.2, 0.25) is 0 Å². The molecule has 0 spiro atoms. The predicted molar refractivity (Wildman–Crippen MR) is 369 cm³/mol. The van der Waals surface area contributed by atoms with E-state index in [1.165, 1.54) is 149 Å². The summed E-state index contributed by atoms with van der Waals surface area (Å²) in [4.78, 5) is 5.66. The molecule has 5 atom stereocenters. The molecule has 434 valence electrons. The average Bonchev–Trinajstić information content (AvgIpc) is 1.02. The highest BCUT2D eigenvalue weighted by Gasteiger charge is 2.50. The maximum Gasteiger partial charge on any atom is 0.0664 e. The zero-order chi connectivity index (χ0) is 59.6. The summed E-state index contributed by atoms with van der Waals surface area (Å²) in [5.41, 5.74) is 33.9. The van der Waals surface area contributed by atoms with E-state index in [0.29, 0.717) is 17.8 Å². The lowest BCUT2D eigenvalue weighted by Crippen LogP contribution is -2.39. The van der Waals surface area contributed by atoms with Crippen LogP contribution in [0.15, 0.2) is 230 Å². The Balaban J connectivity index is 0.957. The molecule has 0 saturated heterocycles. The van der Waals surface area contributed by atoms with Crippen molar-refractivity contribution in [3.63, 3.8) is 0 Å². The van der Waals surface area contributed by atoms with Gasteiger partial charge in [0.1, 0.15) is 0 Å². The van der Waals surface area contributed by atoms with Crippen molar-refractivity contribution < 1.29 is 0 Å². The molecule has 10 aromatic rings. The monoisotopic (exact) mass is 1140 g/mol. The van der Waals surface area contributed by atoms with Gasteiger partial charge in [-0.05, 0) is 216 Å². The molecule has 0 heterocycles. The van der Waals surface area contributed by atoms with Crippen molar-refractivity contribution in [1.29, 1.82) is 0 Å². The topological polar surface area (TPSA) is 6.48 Å². The Morgan fingerprint density at radius 1 is 0.341 bits per heavy atom. The van der Waals surface area contributed by atoms with E-state index in [0.717, 1.165) is 19.3 Å². The van der Waals surface area contributed by atoms with Crippen molar-refractivity contribution in [2.24, 2.45) is 11.8 Å². The first-order valence-corrected chi connectivity index (χ1v) is 33.1. The number of rotatable bonds is 8. The van der Waals surface area contributed by atoms with Gasteiger partial charge in [-0.1, -0.05) is 238 Å². The molecule has 2 saturated carbocycles. The Kier molecular flexibility index (Phi) is 11.9. The Labute approximate surface area is 522 Å². The van der Waals surface area contributed by atoms with E-state index in [-0.39, 0.29) is 33.6 Å². The molecule has 0 radical (unpaired) electrons. The summed E-state index contributed by atoms with van der Waals surface area (Å²) in [5.74, 6) is 1.78. The van der Waals surface area contributed by atoms with Crippen molar-refractivity contribution in [3.8, 4) is 44.5 Å². The lowest BCUT2D eigenvalue weighted by Gasteiger charge is -2.49. The van der Waals surface area contributed by atoms with E-state index in [1.807, 2.05) is 0 Å². The largest absolute Gasteiger partial charge is 0.333 e. The van der Waals surface area contributed by atoms with E-state index < -0.39 is 0 Å². The van der Waals surface area contributed by atoms with Gasteiger partial charge >= 0.3 is 0 Å². The van der Waals surface area contributed by atoms with Gasteiger partial charge in [-0.25, -0.2) is 0 Å². The fourth-order valence-corrected chi connectivity index (χ4v) is 19.1. The molecule has 0 aromatic heterocycles. The molecule has 2 heteroatoms. The fraction of sp³-hybridized carbons (Fsp3) is 0.279. The van der Waals surface area contributed by atoms with Crippen LogP contribution in [-0.4, -0.2) is 0 Å². The lowest BCUT2D eigenvalue weighted by atomic mass is 9.65. The van der Waals surface area contributed by atoms with Crippen LogP contribution < -0.4 is 9.80 Å². The molecule has 0 aliphatic heterocycles. The molecule has 2 nitrogen and oxygen atoms in total. The van der Waals surface area contributed by atoms with Gasteiger partial charge in [0.15, 0.2) is 0 Å². The highest BCUT2D eigenvalue weighted by atomic mass is 15.2. The summed E-state index contributed by atoms with van der Waals surface area (Å²) in [6.07, 6.45) is 8.36. The fourth-order valence-electron chi connectivity index (χ4n) is 19.1. The molecule has 88 heavy (non-hydrogen) atoms. The van der Waals surface area contributed by atoms with Gasteiger partial charge in [0.05, 0.1) is 11.7 Å². The third kappa shape index (κ3) is 7.79. The molecular weight excluding hydrogens is 1060 g/mol. The Bertz CT molecular complexity index is 4420. The molecule has 17 rings (SSSR count). The highest BCUT2D eigenvalue weighted by Crippen LogP contribution is 2.63. The highest BCUT2D eigenvalue weighted by molar-refractivity contribution is 5.96. The van der Waals surface area contributed by atoms with E-state index >= 15 is 0 Å². The van der Waals surface area contributed by atoms with Gasteiger partial charge in [-0.3, -0.25) is 0 Å². The Morgan fingerprint density at radius 2 is 0.841 bits per heavy atom. The van der Waals surface area contributed by atoms with Gasteiger partial charge in [-0.2, -0.15) is 0 Å². The van der Waals surface area contributed by atoms with Crippen LogP contribution in [0.25, 0.3) is 50.2 Å². The number of nitrogens with zero attached hydrogens (tertiary/aromatic N) is 2. The molecular formula is C86H80N2. The molecule has 7 aliphatic carbocycles. The molecule has 0 amide bonds. The second-order valence-electron chi connectivity index (χ2n) is 29.4. The summed E-state index contributed by atoms with van der Waals surface area (Å²) in [5, 5.41) is 0. The summed E-state index contributed by atoms with van der Waals surface area (Å²) in [7, 11) is 0. The second kappa shape index (κ2) is 19.5. The minimum absolute atomic E-state index is 0.0550. The summed E-state index contributed by atoms with van der Waals surface area (Å²) in [6.45, 7) is 19.8. The number of anilines is 4. The van der Waals surface area contributed by atoms with E-state index in [9.17, 15) is 0 Å². The van der Waals surface area contributed by atoms with Crippen molar-refractivity contribution in [3.05, 3.63) is 291 Å². The second-order valence-corrected chi connectivity index (χ2v) is 29.4. The molecule has 10 aromatic carbocycles. The first-order chi connectivity index (χ1) is 42.7. The first kappa shape index (κ1) is 53.8. The van der Waals surface area contributed by atoms with Crippen LogP contribution in [0.3, 0.4) is 0 Å². The van der Waals surface area contributed by atoms with Crippen molar-refractivity contribution in [1.82, 2.24) is 0 Å². The van der Waals surface area contributed by atoms with Crippen LogP contribution in [0.1, 0.15) is 179 Å². The van der Waals surface area contributed by atoms with E-state index in [2.05, 4.69) is 290 Å². The SMILES string of the molecule is CC1(C)c2ccccc2-c2cc(N(C3=C4CC(c5ccccc5)CCC4C(N(c4ccc5c(c4)C(C)(C)c4ccccc4-5)c4ccc5c(c4)C(C)(C)c4ccccc4-5)c4cc(-c5ccccc5)ccc43)c3ccc4c(c3)C(C)(C)C3CCCCC43)ccc21. The molecule has 7 aliphatic rings. The Morgan fingerprint density at radius 3 is 1.49 bits per heavy atom. The summed E-state index contributed by atoms with van der Waals surface area (Å²) >= 11 is 0. The zero-order valence-corrected chi connectivity index (χ0v) is 52.6. The van der Waals surface area contributed by atoms with Crippen molar-refractivity contribution in [2.45, 2.75) is 140 Å². The summed E-state index contributed by atoms with van der Waals surface area (Å²) in [6, 6.07) is 88.4. The molecule has 0 bridgehead atoms. The first-order valence-electron chi connectivity index (χ1n) is 33.1. The van der Waals surface area contributed by atoms with Crippen LogP contribution >= 0.6 is 0 Å². The normalized spacial score (nSPS) is 22.0. The predicted octanol–water partition coefficient (Wildman–Crippen LogP) is 22.9. The van der Waals surface area contributed by atoms with Crippen molar-refractivity contribution >= 4 is 28.4 Å². The third-order valence-electron chi connectivity index (χ3n) is 23.5. The molecule has 0 N–H and O–H groups in total. The van der Waals surface area contributed by atoms with Crippen LogP contribution in [0, 0.1) is 11.8 Å². The van der Waals surface area contributed by atoms with Gasteiger partial charge in [-0.15, -0.1) is 0 Å². The third-order valence-corrected chi connectivity index (χ3v) is 23.5. The quantitative estimate of drug-likeness (QED) is 0.150. The van der Waals surface area contributed by atoms with Crippen LogP contribution in [-0.2, 0) is 21.7 Å². The minimum Gasteiger partial charge on any atom is -0.333 e. The standard InChI is InChI=1S/C86H80N2/c1-83(2)76-34-22-18-30-64(76)70-49-57(40-46-77(70)83)87(58-37-43-65-61-27-15-19-31-73(61)84(3,4)78(65)50-58)81-68-41-35-56(54-25-13-10-14-26-54)48-72(68)82(69-42-36-55(47-71(69)81)53-23-11-9-12-24-53)88(59-38-44-66-62-28-16-20-32-74(62)85(5,6)79(66)51-59)60-39-45-67-63-29-17-21-33-75(63)86(7,8)80(67)52-60/h9-14,16-18,20-26,28-30,32-35,37-41,43-46,48-52,55,61,69,73,82H,15,19,27,31,36,42,47H2,1-8H3. The number of fused-ring (bicyclic) bond motifs is 14. The van der Waals surface area contributed by atoms with E-state index in [1.54, 1.807) is 16.7 Å². The summed E-state index contributed by atoms with van der Waals surface area (Å²) < 4.78 is 0. The van der Waals surface area contributed by atoms with Gasteiger partial charge in [0.2, 0.25) is 0 Å². The Hall–Kier alpha value is -8.46. The number of hydrogen-bond acceptors (Lipinski definition) is 2. The van der Waals surface area contributed by atoms with Gasteiger partial charge in [0.25, 0.3) is 0 Å². The smallest absolute Gasteiger partial charge is 0.0664 e. The van der Waals surface area contributed by atoms with Gasteiger partial charge in [0, 0.05) is 50.5 Å². The number of hydrogen-bond donors (Lipinski definition) is 0. The molecule has 5 unspecified atom stereocenters. The minimum atomic E-state index is -0.180. The van der Waals surface area contributed by atoms with Crippen molar-refractivity contribution in [2.75, 3.05) is 9.80 Å². The van der Waals surface area contributed by atoms with Crippen LogP contribution in [0.5, 0.6) is 0 Å².